The van der Waals surface area contributed by atoms with Crippen LogP contribution in [0.25, 0.3) is 11.3 Å². The molecule has 0 bridgehead atoms. The second-order valence-electron chi connectivity index (χ2n) is 4.55. The lowest BCUT2D eigenvalue weighted by atomic mass is 9.97. The van der Waals surface area contributed by atoms with Gasteiger partial charge in [-0.2, -0.15) is 5.26 Å². The van der Waals surface area contributed by atoms with E-state index >= 15 is 0 Å². The van der Waals surface area contributed by atoms with E-state index < -0.39 is 0 Å². The summed E-state index contributed by atoms with van der Waals surface area (Å²) in [5, 5.41) is 12.9. The van der Waals surface area contributed by atoms with Crippen LogP contribution in [0, 0.1) is 11.3 Å². The summed E-state index contributed by atoms with van der Waals surface area (Å²) in [6.07, 6.45) is 1.18. The molecular weight excluding hydrogens is 224 g/mol. The van der Waals surface area contributed by atoms with Gasteiger partial charge >= 0.3 is 0 Å². The number of benzene rings is 1. The number of rotatable bonds is 4. The van der Waals surface area contributed by atoms with Crippen LogP contribution in [-0.2, 0) is 6.42 Å². The van der Waals surface area contributed by atoms with Crippen molar-refractivity contribution in [3.05, 3.63) is 41.6 Å². The van der Waals surface area contributed by atoms with Gasteiger partial charge in [-0.15, -0.1) is 0 Å². The van der Waals surface area contributed by atoms with Gasteiger partial charge in [-0.25, -0.2) is 0 Å². The van der Waals surface area contributed by atoms with Gasteiger partial charge < -0.3 is 4.52 Å². The highest BCUT2D eigenvalue weighted by Crippen LogP contribution is 2.30. The first-order valence-corrected chi connectivity index (χ1v) is 6.15. The first-order chi connectivity index (χ1) is 8.74. The Bertz CT molecular complexity index is 550. The topological polar surface area (TPSA) is 49.8 Å². The molecule has 0 saturated heterocycles. The summed E-state index contributed by atoms with van der Waals surface area (Å²) < 4.78 is 5.48. The Labute approximate surface area is 107 Å². The van der Waals surface area contributed by atoms with Gasteiger partial charge in [0, 0.05) is 17.5 Å². The molecule has 0 amide bonds. The summed E-state index contributed by atoms with van der Waals surface area (Å²) in [6, 6.07) is 12.1. The molecule has 0 aliphatic heterocycles. The lowest BCUT2D eigenvalue weighted by molar-refractivity contribution is 0.419. The van der Waals surface area contributed by atoms with E-state index in [1.54, 1.807) is 0 Å². The maximum absolute atomic E-state index is 8.76. The summed E-state index contributed by atoms with van der Waals surface area (Å²) in [5.74, 6) is 1.11. The Morgan fingerprint density at radius 3 is 2.61 bits per heavy atom. The molecule has 0 N–H and O–H groups in total. The standard InChI is InChI=1S/C15H16N2O/c1-11(2)14-13(9-6-10-16)15(18-17-14)12-7-4-3-5-8-12/h3-5,7-8,11H,6,9H2,1-2H3. The minimum atomic E-state index is 0.305. The van der Waals surface area contributed by atoms with Crippen molar-refractivity contribution in [2.45, 2.75) is 32.6 Å². The number of aromatic nitrogens is 1. The average Bonchev–Trinajstić information content (AvgIpc) is 2.81. The van der Waals surface area contributed by atoms with Crippen LogP contribution in [-0.4, -0.2) is 5.16 Å². The van der Waals surface area contributed by atoms with E-state index in [1.807, 2.05) is 30.3 Å². The first kappa shape index (κ1) is 12.4. The van der Waals surface area contributed by atoms with Crippen LogP contribution < -0.4 is 0 Å². The van der Waals surface area contributed by atoms with Gasteiger partial charge in [-0.1, -0.05) is 49.3 Å². The average molecular weight is 240 g/mol. The van der Waals surface area contributed by atoms with Crippen molar-refractivity contribution in [1.82, 2.24) is 5.16 Å². The number of nitriles is 1. The molecule has 0 saturated carbocycles. The summed E-state index contributed by atoms with van der Waals surface area (Å²) in [7, 11) is 0. The molecule has 2 aromatic rings. The molecule has 0 aliphatic rings. The highest BCUT2D eigenvalue weighted by molar-refractivity contribution is 5.62. The molecule has 0 atom stereocenters. The molecule has 0 spiro atoms. The fourth-order valence-corrected chi connectivity index (χ4v) is 2.01. The van der Waals surface area contributed by atoms with Crippen LogP contribution in [0.2, 0.25) is 0 Å². The lowest BCUT2D eigenvalue weighted by Crippen LogP contribution is -1.95. The van der Waals surface area contributed by atoms with Crippen molar-refractivity contribution in [3.8, 4) is 17.4 Å². The normalized spacial score (nSPS) is 10.6. The predicted octanol–water partition coefficient (Wildman–Crippen LogP) is 3.92. The number of hydrogen-bond acceptors (Lipinski definition) is 3. The molecule has 1 aromatic carbocycles. The van der Waals surface area contributed by atoms with Gasteiger partial charge in [0.15, 0.2) is 5.76 Å². The SMILES string of the molecule is CC(C)c1noc(-c2ccccc2)c1CCC#N. The maximum Gasteiger partial charge on any atom is 0.170 e. The van der Waals surface area contributed by atoms with Crippen LogP contribution in [0.1, 0.15) is 37.4 Å². The molecule has 92 valence electrons. The third-order valence-corrected chi connectivity index (χ3v) is 2.89. The van der Waals surface area contributed by atoms with Gasteiger partial charge in [-0.05, 0) is 12.3 Å². The van der Waals surface area contributed by atoms with Crippen molar-refractivity contribution >= 4 is 0 Å². The minimum absolute atomic E-state index is 0.305. The van der Waals surface area contributed by atoms with Crippen molar-refractivity contribution in [3.63, 3.8) is 0 Å². The summed E-state index contributed by atoms with van der Waals surface area (Å²) in [4.78, 5) is 0. The maximum atomic E-state index is 8.76. The number of hydrogen-bond donors (Lipinski definition) is 0. The molecule has 0 unspecified atom stereocenters. The Morgan fingerprint density at radius 1 is 1.28 bits per heavy atom. The summed E-state index contributed by atoms with van der Waals surface area (Å²) in [6.45, 7) is 4.17. The van der Waals surface area contributed by atoms with Crippen molar-refractivity contribution in [2.24, 2.45) is 0 Å². The third-order valence-electron chi connectivity index (χ3n) is 2.89. The van der Waals surface area contributed by atoms with Crippen LogP contribution in [0.4, 0.5) is 0 Å². The second kappa shape index (κ2) is 5.50. The van der Waals surface area contributed by atoms with E-state index in [1.165, 1.54) is 0 Å². The van der Waals surface area contributed by atoms with Crippen LogP contribution in [0.5, 0.6) is 0 Å². The van der Waals surface area contributed by atoms with Gasteiger partial charge in [0.25, 0.3) is 0 Å². The molecule has 18 heavy (non-hydrogen) atoms. The van der Waals surface area contributed by atoms with Crippen molar-refractivity contribution in [1.29, 1.82) is 5.26 Å². The van der Waals surface area contributed by atoms with Crippen LogP contribution in [0.15, 0.2) is 34.9 Å². The molecule has 0 aliphatic carbocycles. The van der Waals surface area contributed by atoms with Crippen molar-refractivity contribution in [2.75, 3.05) is 0 Å². The third kappa shape index (κ3) is 2.43. The zero-order chi connectivity index (χ0) is 13.0. The van der Waals surface area contributed by atoms with Crippen molar-refractivity contribution < 1.29 is 4.52 Å². The Hall–Kier alpha value is -2.08. The van der Waals surface area contributed by atoms with Crippen LogP contribution >= 0.6 is 0 Å². The highest BCUT2D eigenvalue weighted by atomic mass is 16.5. The lowest BCUT2D eigenvalue weighted by Gasteiger charge is -2.04. The van der Waals surface area contributed by atoms with Gasteiger partial charge in [0.1, 0.15) is 0 Å². The minimum Gasteiger partial charge on any atom is -0.356 e. The van der Waals surface area contributed by atoms with E-state index in [4.69, 9.17) is 9.78 Å². The van der Waals surface area contributed by atoms with Gasteiger partial charge in [0.05, 0.1) is 11.8 Å². The molecule has 3 nitrogen and oxygen atoms in total. The molecule has 1 aromatic heterocycles. The highest BCUT2D eigenvalue weighted by Gasteiger charge is 2.19. The molecule has 0 radical (unpaired) electrons. The quantitative estimate of drug-likeness (QED) is 0.813. The zero-order valence-electron chi connectivity index (χ0n) is 10.7. The van der Waals surface area contributed by atoms with E-state index in [2.05, 4.69) is 25.1 Å². The van der Waals surface area contributed by atoms with E-state index in [0.717, 1.165) is 22.6 Å². The summed E-state index contributed by atoms with van der Waals surface area (Å²) >= 11 is 0. The zero-order valence-corrected chi connectivity index (χ0v) is 10.7. The van der Waals surface area contributed by atoms with E-state index in [-0.39, 0.29) is 0 Å². The van der Waals surface area contributed by atoms with E-state index in [0.29, 0.717) is 18.8 Å². The fourth-order valence-electron chi connectivity index (χ4n) is 2.01. The van der Waals surface area contributed by atoms with E-state index in [9.17, 15) is 0 Å². The Balaban J connectivity index is 2.45. The fraction of sp³-hybridized carbons (Fsp3) is 0.333. The first-order valence-electron chi connectivity index (χ1n) is 6.15. The van der Waals surface area contributed by atoms with Gasteiger partial charge in [-0.3, -0.25) is 0 Å². The molecule has 0 fully saturated rings. The second-order valence-corrected chi connectivity index (χ2v) is 4.55. The smallest absolute Gasteiger partial charge is 0.170 e. The number of nitrogens with zero attached hydrogens (tertiary/aromatic N) is 2. The molecular formula is C15H16N2O. The Kier molecular flexibility index (Phi) is 3.78. The largest absolute Gasteiger partial charge is 0.356 e. The summed E-state index contributed by atoms with van der Waals surface area (Å²) in [5.41, 5.74) is 3.05. The predicted molar refractivity (Wildman–Crippen MR) is 70.0 cm³/mol. The van der Waals surface area contributed by atoms with Gasteiger partial charge in [0.2, 0.25) is 0 Å². The van der Waals surface area contributed by atoms with Crippen LogP contribution in [0.3, 0.4) is 0 Å². The molecule has 2 rings (SSSR count). The molecule has 1 heterocycles. The molecule has 3 heteroatoms. The monoisotopic (exact) mass is 240 g/mol. The Morgan fingerprint density at radius 2 is 2.00 bits per heavy atom.